The minimum atomic E-state index is -1.13. The number of aliphatic hydroxyl groups excluding tert-OH is 1. The van der Waals surface area contributed by atoms with Crippen molar-refractivity contribution in [1.29, 1.82) is 0 Å². The lowest BCUT2D eigenvalue weighted by atomic mass is 9.87. The van der Waals surface area contributed by atoms with E-state index in [0.717, 1.165) is 30.3 Å². The molecular formula is C26H30N6O6. The van der Waals surface area contributed by atoms with Gasteiger partial charge in [-0.05, 0) is 44.5 Å². The molecule has 200 valence electrons. The van der Waals surface area contributed by atoms with Crippen LogP contribution in [0.3, 0.4) is 0 Å². The SMILES string of the molecule is COc1cnc2ccc(=O)n(CCN(C)[C@H]3CC[C@H]4[C@@H](C3)OC(O)N4c3ccc4c(n3)NC(=O)CO4)c2c1. The number of fused-ring (bicyclic) bond motifs is 3. The number of nitrogens with one attached hydrogen (secondary N) is 1. The number of aliphatic hydroxyl groups is 1. The number of carbonyl (C=O) groups is 1. The standard InChI is InChI=1S/C26H30N6O6/c1-30(9-10-31-19-12-16(36-2)13-27-17(19)4-8-24(31)34)15-3-5-18-21(11-15)38-26(35)32(18)22-7-6-20-25(28-22)29-23(33)14-37-20/h4,6-8,12-13,15,18,21,26,35H,3,5,9-11,14H2,1-2H3,(H,28,29,33)/t15-,18-,21+,26?/m0/s1. The molecule has 2 fully saturated rings. The highest BCUT2D eigenvalue weighted by molar-refractivity contribution is 5.94. The van der Waals surface area contributed by atoms with Crippen LogP contribution in [0.4, 0.5) is 11.6 Å². The van der Waals surface area contributed by atoms with Gasteiger partial charge in [-0.1, -0.05) is 0 Å². The van der Waals surface area contributed by atoms with Crippen LogP contribution in [0.25, 0.3) is 11.0 Å². The zero-order valence-electron chi connectivity index (χ0n) is 21.2. The number of pyridine rings is 3. The van der Waals surface area contributed by atoms with Crippen molar-refractivity contribution in [3.05, 3.63) is 46.9 Å². The van der Waals surface area contributed by atoms with Crippen molar-refractivity contribution in [3.63, 3.8) is 0 Å². The van der Waals surface area contributed by atoms with E-state index in [9.17, 15) is 14.7 Å². The van der Waals surface area contributed by atoms with E-state index in [4.69, 9.17) is 14.2 Å². The third kappa shape index (κ3) is 4.44. The summed E-state index contributed by atoms with van der Waals surface area (Å²) < 4.78 is 18.4. The minimum absolute atomic E-state index is 0.0384. The highest BCUT2D eigenvalue weighted by Gasteiger charge is 2.46. The third-order valence-electron chi connectivity index (χ3n) is 7.69. The summed E-state index contributed by atoms with van der Waals surface area (Å²) in [6.45, 7) is 1.13. The van der Waals surface area contributed by atoms with Gasteiger partial charge in [-0.25, -0.2) is 4.98 Å². The van der Waals surface area contributed by atoms with Gasteiger partial charge in [0.25, 0.3) is 11.5 Å². The average Bonchev–Trinajstić information content (AvgIpc) is 3.26. The molecule has 1 unspecified atom stereocenters. The predicted octanol–water partition coefficient (Wildman–Crippen LogP) is 1.17. The summed E-state index contributed by atoms with van der Waals surface area (Å²) >= 11 is 0. The van der Waals surface area contributed by atoms with Crippen molar-refractivity contribution in [2.24, 2.45) is 0 Å². The lowest BCUT2D eigenvalue weighted by Gasteiger charge is -2.38. The lowest BCUT2D eigenvalue weighted by Crippen LogP contribution is -2.47. The first-order chi connectivity index (χ1) is 18.4. The average molecular weight is 523 g/mol. The van der Waals surface area contributed by atoms with Gasteiger partial charge in [-0.3, -0.25) is 14.6 Å². The van der Waals surface area contributed by atoms with Crippen LogP contribution < -0.4 is 25.2 Å². The predicted molar refractivity (Wildman–Crippen MR) is 138 cm³/mol. The molecule has 2 aliphatic heterocycles. The number of rotatable bonds is 6. The van der Waals surface area contributed by atoms with Gasteiger partial charge in [0.1, 0.15) is 11.6 Å². The molecule has 1 aliphatic carbocycles. The molecule has 12 nitrogen and oxygen atoms in total. The molecule has 4 atom stereocenters. The van der Waals surface area contributed by atoms with Crippen molar-refractivity contribution in [3.8, 4) is 11.5 Å². The summed E-state index contributed by atoms with van der Waals surface area (Å²) in [5.74, 6) is 1.72. The number of ether oxygens (including phenoxy) is 3. The van der Waals surface area contributed by atoms with Crippen LogP contribution >= 0.6 is 0 Å². The molecule has 12 heteroatoms. The zero-order chi connectivity index (χ0) is 26.4. The van der Waals surface area contributed by atoms with Crippen molar-refractivity contribution in [2.45, 2.75) is 50.4 Å². The number of carbonyl (C=O) groups excluding carboxylic acids is 1. The fourth-order valence-corrected chi connectivity index (χ4v) is 5.65. The Morgan fingerprint density at radius 3 is 2.95 bits per heavy atom. The van der Waals surface area contributed by atoms with Crippen LogP contribution in [0.1, 0.15) is 19.3 Å². The van der Waals surface area contributed by atoms with E-state index >= 15 is 0 Å². The lowest BCUT2D eigenvalue weighted by molar-refractivity contribution is -0.118. The molecule has 0 radical (unpaired) electrons. The maximum atomic E-state index is 12.7. The number of methoxy groups -OCH3 is 1. The second-order valence-corrected chi connectivity index (χ2v) is 9.88. The Kier molecular flexibility index (Phi) is 6.38. The van der Waals surface area contributed by atoms with Crippen molar-refractivity contribution >= 4 is 28.6 Å². The highest BCUT2D eigenvalue weighted by atomic mass is 16.6. The Labute approximate surface area is 218 Å². The third-order valence-corrected chi connectivity index (χ3v) is 7.69. The van der Waals surface area contributed by atoms with Gasteiger partial charge in [0.2, 0.25) is 6.41 Å². The first kappa shape index (κ1) is 24.6. The smallest absolute Gasteiger partial charge is 0.263 e. The van der Waals surface area contributed by atoms with Crippen molar-refractivity contribution in [2.75, 3.05) is 37.5 Å². The number of hydrogen-bond donors (Lipinski definition) is 2. The van der Waals surface area contributed by atoms with E-state index in [1.54, 1.807) is 47.0 Å². The van der Waals surface area contributed by atoms with Crippen LogP contribution in [0.2, 0.25) is 0 Å². The molecule has 1 saturated heterocycles. The molecule has 0 bridgehead atoms. The second kappa shape index (κ2) is 9.86. The second-order valence-electron chi connectivity index (χ2n) is 9.88. The Morgan fingerprint density at radius 2 is 2.11 bits per heavy atom. The number of nitrogens with zero attached hydrogens (tertiary/aromatic N) is 5. The van der Waals surface area contributed by atoms with E-state index in [0.29, 0.717) is 36.2 Å². The number of anilines is 2. The Balaban J connectivity index is 1.13. The first-order valence-electron chi connectivity index (χ1n) is 12.7. The topological polar surface area (TPSA) is 131 Å². The Hall–Kier alpha value is -3.74. The first-order valence-corrected chi connectivity index (χ1v) is 12.7. The van der Waals surface area contributed by atoms with Crippen LogP contribution in [0.5, 0.6) is 11.5 Å². The summed E-state index contributed by atoms with van der Waals surface area (Å²) in [6.07, 6.45) is 2.77. The van der Waals surface area contributed by atoms with E-state index in [1.165, 1.54) is 0 Å². The molecule has 5 heterocycles. The molecule has 38 heavy (non-hydrogen) atoms. The molecule has 0 spiro atoms. The summed E-state index contributed by atoms with van der Waals surface area (Å²) in [5, 5.41) is 13.5. The number of aromatic nitrogens is 3. The van der Waals surface area contributed by atoms with Crippen LogP contribution in [-0.2, 0) is 16.1 Å². The fourth-order valence-electron chi connectivity index (χ4n) is 5.65. The van der Waals surface area contributed by atoms with Crippen LogP contribution in [0, 0.1) is 0 Å². The Bertz CT molecular complexity index is 1430. The quantitative estimate of drug-likeness (QED) is 0.486. The van der Waals surface area contributed by atoms with E-state index in [1.807, 2.05) is 6.07 Å². The molecule has 1 amide bonds. The number of amides is 1. The molecule has 2 N–H and O–H groups in total. The number of hydrogen-bond acceptors (Lipinski definition) is 10. The summed E-state index contributed by atoms with van der Waals surface area (Å²) in [7, 11) is 3.63. The minimum Gasteiger partial charge on any atom is -0.495 e. The zero-order valence-corrected chi connectivity index (χ0v) is 21.2. The van der Waals surface area contributed by atoms with E-state index in [2.05, 4.69) is 27.2 Å². The van der Waals surface area contributed by atoms with Gasteiger partial charge in [0, 0.05) is 31.3 Å². The van der Waals surface area contributed by atoms with Gasteiger partial charge >= 0.3 is 0 Å². The van der Waals surface area contributed by atoms with Gasteiger partial charge in [0.15, 0.2) is 18.2 Å². The normalized spacial score (nSPS) is 24.6. The van der Waals surface area contributed by atoms with Gasteiger partial charge < -0.3 is 39.0 Å². The van der Waals surface area contributed by atoms with Gasteiger partial charge in [-0.2, -0.15) is 0 Å². The monoisotopic (exact) mass is 522 g/mol. The largest absolute Gasteiger partial charge is 0.495 e. The maximum Gasteiger partial charge on any atom is 0.263 e. The van der Waals surface area contributed by atoms with Crippen LogP contribution in [0.15, 0.2) is 41.3 Å². The van der Waals surface area contributed by atoms with Crippen molar-refractivity contribution in [1.82, 2.24) is 19.4 Å². The van der Waals surface area contributed by atoms with Crippen molar-refractivity contribution < 1.29 is 24.1 Å². The molecule has 6 rings (SSSR count). The maximum absolute atomic E-state index is 12.7. The molecule has 0 aromatic carbocycles. The van der Waals surface area contributed by atoms with E-state index in [-0.39, 0.29) is 36.3 Å². The molecular weight excluding hydrogens is 492 g/mol. The van der Waals surface area contributed by atoms with Crippen LogP contribution in [-0.4, -0.2) is 82.4 Å². The Morgan fingerprint density at radius 1 is 1.24 bits per heavy atom. The molecule has 1 saturated carbocycles. The van der Waals surface area contributed by atoms with E-state index < -0.39 is 6.41 Å². The molecule has 3 aliphatic rings. The van der Waals surface area contributed by atoms with Gasteiger partial charge in [-0.15, -0.1) is 0 Å². The fraction of sp³-hybridized carbons (Fsp3) is 0.462. The molecule has 3 aromatic rings. The summed E-state index contributed by atoms with van der Waals surface area (Å²) in [6, 6.07) is 8.81. The summed E-state index contributed by atoms with van der Waals surface area (Å²) in [4.78, 5) is 37.3. The highest BCUT2D eigenvalue weighted by Crippen LogP contribution is 2.39. The van der Waals surface area contributed by atoms with Gasteiger partial charge in [0.05, 0.1) is 36.5 Å². The molecule has 3 aromatic heterocycles. The number of likely N-dealkylation sites (N-methyl/N-ethyl adjacent to an activating group) is 1. The summed E-state index contributed by atoms with van der Waals surface area (Å²) in [5.41, 5.74) is 1.40.